The van der Waals surface area contributed by atoms with Crippen LogP contribution in [0.2, 0.25) is 0 Å². The van der Waals surface area contributed by atoms with Gasteiger partial charge in [0.15, 0.2) is 5.41 Å². The van der Waals surface area contributed by atoms with Crippen molar-refractivity contribution in [2.75, 3.05) is 13.2 Å². The number of esters is 2. The molecule has 0 N–H and O–H groups in total. The molecule has 0 amide bonds. The van der Waals surface area contributed by atoms with E-state index in [0.29, 0.717) is 0 Å². The van der Waals surface area contributed by atoms with Crippen LogP contribution in [0.1, 0.15) is 33.6 Å². The summed E-state index contributed by atoms with van der Waals surface area (Å²) in [6.07, 6.45) is 1.69. The van der Waals surface area contributed by atoms with Crippen LogP contribution in [0.4, 0.5) is 0 Å². The Morgan fingerprint density at radius 2 is 1.74 bits per heavy atom. The zero-order valence-electron chi connectivity index (χ0n) is 11.7. The highest BCUT2D eigenvalue weighted by Gasteiger charge is 2.47. The summed E-state index contributed by atoms with van der Waals surface area (Å²) in [4.78, 5) is 24.3. The van der Waals surface area contributed by atoms with E-state index in [0.717, 1.165) is 0 Å². The quantitative estimate of drug-likeness (QED) is 0.306. The van der Waals surface area contributed by atoms with E-state index in [2.05, 4.69) is 24.2 Å². The number of carbonyl (C=O) groups excluding carboxylic acids is 2. The van der Waals surface area contributed by atoms with Crippen molar-refractivity contribution in [1.29, 1.82) is 0 Å². The lowest BCUT2D eigenvalue weighted by molar-refractivity contribution is -0.171. The SMILES string of the molecule is C=C=CCC(CC#CC)(C(=O)OCC)C(=O)OCC. The van der Waals surface area contributed by atoms with Gasteiger partial charge in [0.25, 0.3) is 0 Å². The number of hydrogen-bond donors (Lipinski definition) is 0. The first-order valence-corrected chi connectivity index (χ1v) is 6.17. The molecule has 0 aliphatic rings. The third kappa shape index (κ3) is 4.65. The Hall–Kier alpha value is -1.98. The van der Waals surface area contributed by atoms with Gasteiger partial charge in [0.2, 0.25) is 0 Å². The molecule has 0 fully saturated rings. The molecule has 0 unspecified atom stereocenters. The van der Waals surface area contributed by atoms with Crippen LogP contribution >= 0.6 is 0 Å². The molecule has 0 aromatic carbocycles. The van der Waals surface area contributed by atoms with Crippen molar-refractivity contribution in [2.24, 2.45) is 5.41 Å². The largest absolute Gasteiger partial charge is 0.465 e. The summed E-state index contributed by atoms with van der Waals surface area (Å²) in [5.41, 5.74) is 1.12. The van der Waals surface area contributed by atoms with Crippen LogP contribution < -0.4 is 0 Å². The van der Waals surface area contributed by atoms with Gasteiger partial charge in [-0.05, 0) is 26.8 Å². The zero-order valence-corrected chi connectivity index (χ0v) is 11.7. The molecule has 0 aliphatic carbocycles. The first-order chi connectivity index (χ1) is 9.08. The van der Waals surface area contributed by atoms with E-state index in [4.69, 9.17) is 9.47 Å². The van der Waals surface area contributed by atoms with Gasteiger partial charge in [0.1, 0.15) is 0 Å². The molecule has 0 aliphatic heterocycles. The molecule has 4 nitrogen and oxygen atoms in total. The molecule has 0 saturated heterocycles. The van der Waals surface area contributed by atoms with Crippen molar-refractivity contribution in [3.05, 3.63) is 18.4 Å². The zero-order chi connectivity index (χ0) is 14.7. The highest BCUT2D eigenvalue weighted by atomic mass is 16.6. The van der Waals surface area contributed by atoms with E-state index in [1.807, 2.05) is 0 Å². The first-order valence-electron chi connectivity index (χ1n) is 6.17. The fourth-order valence-electron chi connectivity index (χ4n) is 1.49. The summed E-state index contributed by atoms with van der Waals surface area (Å²) in [6, 6.07) is 0. The lowest BCUT2D eigenvalue weighted by Gasteiger charge is -2.25. The molecule has 0 radical (unpaired) electrons. The predicted octanol–water partition coefficient (Wildman–Crippen LogP) is 2.24. The minimum atomic E-state index is -1.43. The second-order valence-electron chi connectivity index (χ2n) is 3.74. The molecular formula is C15H20O4. The third-order valence-electron chi connectivity index (χ3n) is 2.49. The van der Waals surface area contributed by atoms with Crippen molar-refractivity contribution in [3.63, 3.8) is 0 Å². The van der Waals surface area contributed by atoms with Gasteiger partial charge in [-0.25, -0.2) is 0 Å². The molecule has 0 rings (SSSR count). The number of allylic oxidation sites excluding steroid dienone is 1. The van der Waals surface area contributed by atoms with Crippen LogP contribution in [0.3, 0.4) is 0 Å². The molecular weight excluding hydrogens is 244 g/mol. The van der Waals surface area contributed by atoms with Gasteiger partial charge in [0, 0.05) is 12.8 Å². The second-order valence-corrected chi connectivity index (χ2v) is 3.74. The molecule has 0 saturated carbocycles. The molecule has 0 heterocycles. The molecule has 0 spiro atoms. The average Bonchev–Trinajstić information content (AvgIpc) is 2.40. The summed E-state index contributed by atoms with van der Waals surface area (Å²) in [6.45, 7) is 8.83. The van der Waals surface area contributed by atoms with Gasteiger partial charge in [0.05, 0.1) is 13.2 Å². The Morgan fingerprint density at radius 1 is 1.21 bits per heavy atom. The number of ether oxygens (including phenoxy) is 2. The fraction of sp³-hybridized carbons (Fsp3) is 0.533. The van der Waals surface area contributed by atoms with Crippen molar-refractivity contribution in [2.45, 2.75) is 33.6 Å². The van der Waals surface area contributed by atoms with Crippen LogP contribution in [0.25, 0.3) is 0 Å². The number of rotatable bonds is 7. The summed E-state index contributed by atoms with van der Waals surface area (Å²) < 4.78 is 9.99. The van der Waals surface area contributed by atoms with E-state index >= 15 is 0 Å². The van der Waals surface area contributed by atoms with Crippen LogP contribution in [0.5, 0.6) is 0 Å². The van der Waals surface area contributed by atoms with Crippen LogP contribution in [0.15, 0.2) is 18.4 Å². The average molecular weight is 264 g/mol. The predicted molar refractivity (Wildman–Crippen MR) is 72.1 cm³/mol. The number of carbonyl (C=O) groups is 2. The number of hydrogen-bond acceptors (Lipinski definition) is 4. The normalized spacial score (nSPS) is 9.63. The minimum Gasteiger partial charge on any atom is -0.465 e. The lowest BCUT2D eigenvalue weighted by atomic mass is 9.81. The van der Waals surface area contributed by atoms with E-state index in [9.17, 15) is 9.59 Å². The van der Waals surface area contributed by atoms with Crippen molar-refractivity contribution < 1.29 is 19.1 Å². The summed E-state index contributed by atoms with van der Waals surface area (Å²) >= 11 is 0. The first kappa shape index (κ1) is 17.0. The van der Waals surface area contributed by atoms with Crippen molar-refractivity contribution in [1.82, 2.24) is 0 Å². The summed E-state index contributed by atoms with van der Waals surface area (Å²) in [7, 11) is 0. The Labute approximate surface area is 114 Å². The second kappa shape index (κ2) is 9.02. The Kier molecular flexibility index (Phi) is 8.08. The standard InChI is InChI=1S/C15H20O4/c1-5-9-11-15(12-10-6-2,13(16)18-7-3)14(17)19-8-4/h9H,1,7-8,11-12H2,2-4H3. The van der Waals surface area contributed by atoms with Crippen molar-refractivity contribution >= 4 is 11.9 Å². The van der Waals surface area contributed by atoms with Gasteiger partial charge in [-0.15, -0.1) is 17.6 Å². The van der Waals surface area contributed by atoms with Gasteiger partial charge >= 0.3 is 11.9 Å². The maximum absolute atomic E-state index is 12.1. The summed E-state index contributed by atoms with van der Waals surface area (Å²) in [5.74, 6) is 4.19. The Balaban J connectivity index is 5.51. The van der Waals surface area contributed by atoms with E-state index in [-0.39, 0.29) is 26.1 Å². The highest BCUT2D eigenvalue weighted by Crippen LogP contribution is 2.31. The minimum absolute atomic E-state index is 0.0549. The molecule has 0 aromatic heterocycles. The lowest BCUT2D eigenvalue weighted by Crippen LogP contribution is -2.41. The topological polar surface area (TPSA) is 52.6 Å². The molecule has 0 aromatic rings. The van der Waals surface area contributed by atoms with Crippen molar-refractivity contribution in [3.8, 4) is 11.8 Å². The molecule has 104 valence electrons. The van der Waals surface area contributed by atoms with Gasteiger partial charge in [-0.1, -0.05) is 6.58 Å². The highest BCUT2D eigenvalue weighted by molar-refractivity contribution is 6.00. The van der Waals surface area contributed by atoms with Gasteiger partial charge in [-0.3, -0.25) is 9.59 Å². The van der Waals surface area contributed by atoms with E-state index < -0.39 is 17.4 Å². The maximum atomic E-state index is 12.1. The van der Waals surface area contributed by atoms with E-state index in [1.54, 1.807) is 20.8 Å². The molecule has 4 heteroatoms. The van der Waals surface area contributed by atoms with Gasteiger partial charge in [-0.2, -0.15) is 0 Å². The Morgan fingerprint density at radius 3 is 2.11 bits per heavy atom. The Bertz CT molecular complexity index is 401. The third-order valence-corrected chi connectivity index (χ3v) is 2.49. The van der Waals surface area contributed by atoms with Crippen LogP contribution in [-0.2, 0) is 19.1 Å². The van der Waals surface area contributed by atoms with E-state index in [1.165, 1.54) is 6.08 Å². The van der Waals surface area contributed by atoms with Gasteiger partial charge < -0.3 is 9.47 Å². The molecule has 0 atom stereocenters. The van der Waals surface area contributed by atoms with Crippen LogP contribution in [-0.4, -0.2) is 25.2 Å². The monoisotopic (exact) mass is 264 g/mol. The maximum Gasteiger partial charge on any atom is 0.324 e. The fourth-order valence-corrected chi connectivity index (χ4v) is 1.49. The molecule has 19 heavy (non-hydrogen) atoms. The van der Waals surface area contributed by atoms with Crippen LogP contribution in [0, 0.1) is 17.3 Å². The smallest absolute Gasteiger partial charge is 0.324 e. The molecule has 0 bridgehead atoms. The summed E-state index contributed by atoms with van der Waals surface area (Å²) in [5, 5.41) is 0.